The van der Waals surface area contributed by atoms with Crippen molar-refractivity contribution in [3.8, 4) is 0 Å². The zero-order valence-electron chi connectivity index (χ0n) is 12.2. The number of aryl methyl sites for hydroxylation is 2. The van der Waals surface area contributed by atoms with E-state index in [0.29, 0.717) is 6.04 Å². The second-order valence-electron chi connectivity index (χ2n) is 5.63. The summed E-state index contributed by atoms with van der Waals surface area (Å²) in [6.45, 7) is 4.12. The summed E-state index contributed by atoms with van der Waals surface area (Å²) in [5.41, 5.74) is 3.35. The number of anilines is 1. The largest absolute Gasteiger partial charge is 0.335 e. The van der Waals surface area contributed by atoms with Crippen LogP contribution < -0.4 is 10.2 Å². The van der Waals surface area contributed by atoms with Gasteiger partial charge >= 0.3 is 6.03 Å². The molecule has 0 bridgehead atoms. The Bertz CT molecular complexity index is 450. The van der Waals surface area contributed by atoms with Gasteiger partial charge in [0.15, 0.2) is 0 Å². The van der Waals surface area contributed by atoms with Gasteiger partial charge in [-0.3, -0.25) is 4.90 Å². The summed E-state index contributed by atoms with van der Waals surface area (Å²) in [7, 11) is 1.84. The highest BCUT2D eigenvalue weighted by Gasteiger charge is 2.19. The van der Waals surface area contributed by atoms with E-state index in [2.05, 4.69) is 18.3 Å². The zero-order valence-corrected chi connectivity index (χ0v) is 12.2. The first-order valence-electron chi connectivity index (χ1n) is 7.19. The third kappa shape index (κ3) is 3.49. The summed E-state index contributed by atoms with van der Waals surface area (Å²) >= 11 is 0. The average molecular weight is 260 g/mol. The van der Waals surface area contributed by atoms with Gasteiger partial charge < -0.3 is 5.32 Å². The molecule has 1 saturated carbocycles. The molecule has 0 saturated heterocycles. The van der Waals surface area contributed by atoms with Gasteiger partial charge in [0, 0.05) is 18.8 Å². The fourth-order valence-corrected chi connectivity index (χ4v) is 2.81. The van der Waals surface area contributed by atoms with Crippen LogP contribution in [0.3, 0.4) is 0 Å². The lowest BCUT2D eigenvalue weighted by atomic mass is 9.96. The van der Waals surface area contributed by atoms with E-state index in [-0.39, 0.29) is 6.03 Å². The molecule has 0 atom stereocenters. The molecule has 0 heterocycles. The summed E-state index contributed by atoms with van der Waals surface area (Å²) in [4.78, 5) is 14.0. The van der Waals surface area contributed by atoms with E-state index in [9.17, 15) is 4.79 Å². The number of carbonyl (C=O) groups is 1. The first-order chi connectivity index (χ1) is 9.08. The van der Waals surface area contributed by atoms with E-state index >= 15 is 0 Å². The van der Waals surface area contributed by atoms with Gasteiger partial charge in [-0.25, -0.2) is 4.79 Å². The number of nitrogens with zero attached hydrogens (tertiary/aromatic N) is 1. The lowest BCUT2D eigenvalue weighted by molar-refractivity contribution is 0.239. The predicted octanol–water partition coefficient (Wildman–Crippen LogP) is 3.78. The average Bonchev–Trinajstić information content (AvgIpc) is 2.39. The molecule has 1 N–H and O–H groups in total. The highest BCUT2D eigenvalue weighted by molar-refractivity contribution is 5.92. The van der Waals surface area contributed by atoms with Gasteiger partial charge in [-0.15, -0.1) is 0 Å². The Morgan fingerprint density at radius 2 is 1.89 bits per heavy atom. The molecule has 0 aromatic heterocycles. The molecule has 1 aliphatic carbocycles. The van der Waals surface area contributed by atoms with Gasteiger partial charge in [0.25, 0.3) is 0 Å². The number of hydrogen-bond acceptors (Lipinski definition) is 1. The summed E-state index contributed by atoms with van der Waals surface area (Å²) in [6, 6.07) is 6.55. The normalized spacial score (nSPS) is 16.2. The molecule has 104 valence electrons. The third-order valence-corrected chi connectivity index (χ3v) is 3.95. The zero-order chi connectivity index (χ0) is 13.8. The number of urea groups is 1. The minimum atomic E-state index is 0.0128. The minimum Gasteiger partial charge on any atom is -0.335 e. The molecule has 3 heteroatoms. The van der Waals surface area contributed by atoms with Crippen LogP contribution in [-0.4, -0.2) is 19.1 Å². The lowest BCUT2D eigenvalue weighted by Gasteiger charge is -2.27. The molecule has 1 aromatic carbocycles. The van der Waals surface area contributed by atoms with Gasteiger partial charge in [-0.05, 0) is 38.3 Å². The molecule has 2 amide bonds. The van der Waals surface area contributed by atoms with E-state index in [1.807, 2.05) is 26.1 Å². The molecule has 0 unspecified atom stereocenters. The van der Waals surface area contributed by atoms with Crippen molar-refractivity contribution in [3.05, 3.63) is 29.3 Å². The van der Waals surface area contributed by atoms with Crippen LogP contribution in [0.5, 0.6) is 0 Å². The van der Waals surface area contributed by atoms with E-state index in [4.69, 9.17) is 0 Å². The van der Waals surface area contributed by atoms with Crippen molar-refractivity contribution in [2.75, 3.05) is 11.9 Å². The van der Waals surface area contributed by atoms with E-state index in [1.165, 1.54) is 24.8 Å². The molecular weight excluding hydrogens is 236 g/mol. The molecular formula is C16H24N2O. The second kappa shape index (κ2) is 6.09. The first kappa shape index (κ1) is 13.9. The molecule has 3 nitrogen and oxygen atoms in total. The molecule has 1 fully saturated rings. The Hall–Kier alpha value is -1.51. The topological polar surface area (TPSA) is 32.3 Å². The fourth-order valence-electron chi connectivity index (χ4n) is 2.81. The van der Waals surface area contributed by atoms with Crippen LogP contribution in [0.15, 0.2) is 18.2 Å². The van der Waals surface area contributed by atoms with Crippen LogP contribution in [0, 0.1) is 13.8 Å². The molecule has 2 rings (SSSR count). The Morgan fingerprint density at radius 3 is 2.53 bits per heavy atom. The monoisotopic (exact) mass is 260 g/mol. The van der Waals surface area contributed by atoms with Gasteiger partial charge in [0.05, 0.1) is 0 Å². The number of amides is 2. The van der Waals surface area contributed by atoms with Gasteiger partial charge in [0.2, 0.25) is 0 Å². The number of benzene rings is 1. The van der Waals surface area contributed by atoms with Crippen molar-refractivity contribution in [1.82, 2.24) is 5.32 Å². The van der Waals surface area contributed by atoms with E-state index in [1.54, 1.807) is 4.90 Å². The van der Waals surface area contributed by atoms with Gasteiger partial charge in [0.1, 0.15) is 0 Å². The molecule has 19 heavy (non-hydrogen) atoms. The Morgan fingerprint density at radius 1 is 1.21 bits per heavy atom. The maximum atomic E-state index is 12.3. The molecule has 0 aliphatic heterocycles. The predicted molar refractivity (Wildman–Crippen MR) is 79.7 cm³/mol. The minimum absolute atomic E-state index is 0.0128. The molecule has 1 aliphatic rings. The number of rotatable bonds is 2. The molecule has 0 radical (unpaired) electrons. The summed E-state index contributed by atoms with van der Waals surface area (Å²) in [5, 5.41) is 3.15. The summed E-state index contributed by atoms with van der Waals surface area (Å²) in [6.07, 6.45) is 6.01. The Labute approximate surface area is 116 Å². The van der Waals surface area contributed by atoms with Gasteiger partial charge in [-0.2, -0.15) is 0 Å². The van der Waals surface area contributed by atoms with Crippen LogP contribution in [0.25, 0.3) is 0 Å². The number of nitrogens with one attached hydrogen (secondary N) is 1. The quantitative estimate of drug-likeness (QED) is 0.862. The molecule has 0 spiro atoms. The van der Waals surface area contributed by atoms with Crippen LogP contribution in [0.1, 0.15) is 43.2 Å². The van der Waals surface area contributed by atoms with Crippen molar-refractivity contribution in [2.24, 2.45) is 0 Å². The smallest absolute Gasteiger partial charge is 0.321 e. The Kier molecular flexibility index (Phi) is 4.46. The van der Waals surface area contributed by atoms with Crippen molar-refractivity contribution in [3.63, 3.8) is 0 Å². The van der Waals surface area contributed by atoms with Crippen LogP contribution in [0.4, 0.5) is 10.5 Å². The van der Waals surface area contributed by atoms with Crippen molar-refractivity contribution >= 4 is 11.7 Å². The highest BCUT2D eigenvalue weighted by Crippen LogP contribution is 2.21. The van der Waals surface area contributed by atoms with Crippen LogP contribution in [-0.2, 0) is 0 Å². The van der Waals surface area contributed by atoms with Gasteiger partial charge in [-0.1, -0.05) is 37.0 Å². The number of hydrogen-bond donors (Lipinski definition) is 1. The number of carbonyl (C=O) groups excluding carboxylic acids is 1. The second-order valence-corrected chi connectivity index (χ2v) is 5.63. The fraction of sp³-hybridized carbons (Fsp3) is 0.562. The van der Waals surface area contributed by atoms with Crippen LogP contribution >= 0.6 is 0 Å². The maximum Gasteiger partial charge on any atom is 0.321 e. The lowest BCUT2D eigenvalue weighted by Crippen LogP contribution is -2.44. The third-order valence-electron chi connectivity index (χ3n) is 3.95. The van der Waals surface area contributed by atoms with Crippen molar-refractivity contribution in [2.45, 2.75) is 52.0 Å². The Balaban J connectivity index is 2.01. The molecule has 1 aromatic rings. The first-order valence-corrected chi connectivity index (χ1v) is 7.19. The van der Waals surface area contributed by atoms with Crippen LogP contribution in [0.2, 0.25) is 0 Å². The SMILES string of the molecule is Cc1ccc(N(C)C(=O)NC2CCCCC2)c(C)c1. The van der Waals surface area contributed by atoms with E-state index < -0.39 is 0 Å². The van der Waals surface area contributed by atoms with Crippen molar-refractivity contribution < 1.29 is 4.79 Å². The maximum absolute atomic E-state index is 12.3. The summed E-state index contributed by atoms with van der Waals surface area (Å²) in [5.74, 6) is 0. The standard InChI is InChI=1S/C16H24N2O/c1-12-9-10-15(13(2)11-12)18(3)16(19)17-14-7-5-4-6-8-14/h9-11,14H,4-8H2,1-3H3,(H,17,19). The summed E-state index contributed by atoms with van der Waals surface area (Å²) < 4.78 is 0. The highest BCUT2D eigenvalue weighted by atomic mass is 16.2. The van der Waals surface area contributed by atoms with Crippen molar-refractivity contribution in [1.29, 1.82) is 0 Å². The van der Waals surface area contributed by atoms with E-state index in [0.717, 1.165) is 24.1 Å².